The van der Waals surface area contributed by atoms with Crippen LogP contribution in [0.1, 0.15) is 36.2 Å². The van der Waals surface area contributed by atoms with Crippen LogP contribution in [0.15, 0.2) is 36.5 Å². The molecule has 0 aliphatic heterocycles. The van der Waals surface area contributed by atoms with Crippen molar-refractivity contribution in [2.24, 2.45) is 0 Å². The Balaban J connectivity index is 1.89. The number of carbonyl (C=O) groups excluding carboxylic acids is 1. The number of aromatic amines is 1. The molecule has 0 saturated heterocycles. The average molecular weight is 281 g/mol. The van der Waals surface area contributed by atoms with Crippen LogP contribution in [-0.4, -0.2) is 26.1 Å². The van der Waals surface area contributed by atoms with Crippen molar-refractivity contribution in [3.8, 4) is 0 Å². The fraction of sp³-hybridized carbons (Fsp3) is 0.200. The van der Waals surface area contributed by atoms with Crippen LogP contribution < -0.4 is 5.32 Å². The molecule has 0 atom stereocenters. The largest absolute Gasteiger partial charge is 0.319 e. The molecule has 0 radical (unpaired) electrons. The molecule has 0 spiro atoms. The third-order valence-electron chi connectivity index (χ3n) is 3.15. The van der Waals surface area contributed by atoms with Gasteiger partial charge in [0.05, 0.1) is 11.2 Å². The molecule has 2 heterocycles. The zero-order valence-electron chi connectivity index (χ0n) is 11.8. The molecule has 106 valence electrons. The second kappa shape index (κ2) is 5.32. The highest BCUT2D eigenvalue weighted by Crippen LogP contribution is 2.21. The maximum absolute atomic E-state index is 12.2. The first kappa shape index (κ1) is 13.2. The molecule has 3 rings (SSSR count). The Bertz CT molecular complexity index is 788. The first-order valence-corrected chi connectivity index (χ1v) is 6.72. The lowest BCUT2D eigenvalue weighted by atomic mass is 10.2. The van der Waals surface area contributed by atoms with Gasteiger partial charge in [0.2, 0.25) is 5.82 Å². The number of amides is 1. The molecule has 6 heteroatoms. The Morgan fingerprint density at radius 3 is 2.86 bits per heavy atom. The summed E-state index contributed by atoms with van der Waals surface area (Å²) in [6.07, 6.45) is 1.72. The minimum absolute atomic E-state index is 0.139. The second-order valence-corrected chi connectivity index (χ2v) is 5.03. The SMILES string of the molecule is CC(C)c1nc(C(=O)Nc2cccc3ncccc23)n[nH]1. The van der Waals surface area contributed by atoms with Gasteiger partial charge in [0.15, 0.2) is 0 Å². The monoisotopic (exact) mass is 281 g/mol. The number of pyridine rings is 1. The number of hydrogen-bond acceptors (Lipinski definition) is 4. The first-order valence-electron chi connectivity index (χ1n) is 6.72. The van der Waals surface area contributed by atoms with E-state index in [9.17, 15) is 4.79 Å². The highest BCUT2D eigenvalue weighted by molar-refractivity contribution is 6.06. The van der Waals surface area contributed by atoms with Gasteiger partial charge in [-0.15, -0.1) is 5.10 Å². The molecule has 0 saturated carbocycles. The van der Waals surface area contributed by atoms with Crippen LogP contribution in [0.4, 0.5) is 5.69 Å². The van der Waals surface area contributed by atoms with Gasteiger partial charge in [-0.2, -0.15) is 0 Å². The fourth-order valence-corrected chi connectivity index (χ4v) is 2.02. The van der Waals surface area contributed by atoms with Gasteiger partial charge >= 0.3 is 0 Å². The molecule has 1 amide bonds. The van der Waals surface area contributed by atoms with Gasteiger partial charge in [-0.25, -0.2) is 4.98 Å². The van der Waals surface area contributed by atoms with Crippen molar-refractivity contribution in [1.82, 2.24) is 20.2 Å². The highest BCUT2D eigenvalue weighted by atomic mass is 16.2. The third-order valence-corrected chi connectivity index (χ3v) is 3.15. The Labute approximate surface area is 121 Å². The predicted molar refractivity (Wildman–Crippen MR) is 80.2 cm³/mol. The molecule has 2 aromatic heterocycles. The van der Waals surface area contributed by atoms with Crippen molar-refractivity contribution in [3.05, 3.63) is 48.2 Å². The number of aromatic nitrogens is 4. The Kier molecular flexibility index (Phi) is 3.35. The van der Waals surface area contributed by atoms with E-state index in [1.165, 1.54) is 0 Å². The maximum Gasteiger partial charge on any atom is 0.295 e. The van der Waals surface area contributed by atoms with E-state index in [2.05, 4.69) is 25.5 Å². The lowest BCUT2D eigenvalue weighted by Crippen LogP contribution is -2.14. The standard InChI is InChI=1S/C15H15N5O/c1-9(2)13-18-14(20-19-13)15(21)17-12-7-3-6-11-10(12)5-4-8-16-11/h3-9H,1-2H3,(H,17,21)(H,18,19,20). The van der Waals surface area contributed by atoms with Crippen molar-refractivity contribution < 1.29 is 4.79 Å². The molecular weight excluding hydrogens is 266 g/mol. The van der Waals surface area contributed by atoms with E-state index in [0.717, 1.165) is 10.9 Å². The van der Waals surface area contributed by atoms with Crippen LogP contribution in [0.5, 0.6) is 0 Å². The van der Waals surface area contributed by atoms with Crippen LogP contribution in [0.2, 0.25) is 0 Å². The van der Waals surface area contributed by atoms with Crippen molar-refractivity contribution >= 4 is 22.5 Å². The minimum atomic E-state index is -0.338. The van der Waals surface area contributed by atoms with Crippen LogP contribution in [0.3, 0.4) is 0 Å². The highest BCUT2D eigenvalue weighted by Gasteiger charge is 2.15. The van der Waals surface area contributed by atoms with Crippen molar-refractivity contribution in [2.75, 3.05) is 5.32 Å². The number of nitrogens with zero attached hydrogens (tertiary/aromatic N) is 3. The quantitative estimate of drug-likeness (QED) is 0.773. The van der Waals surface area contributed by atoms with E-state index >= 15 is 0 Å². The van der Waals surface area contributed by atoms with Gasteiger partial charge in [0.1, 0.15) is 5.82 Å². The van der Waals surface area contributed by atoms with E-state index in [-0.39, 0.29) is 17.6 Å². The summed E-state index contributed by atoms with van der Waals surface area (Å²) in [5.41, 5.74) is 1.52. The summed E-state index contributed by atoms with van der Waals surface area (Å²) in [4.78, 5) is 20.7. The van der Waals surface area contributed by atoms with Gasteiger partial charge in [-0.1, -0.05) is 19.9 Å². The third kappa shape index (κ3) is 2.60. The lowest BCUT2D eigenvalue weighted by molar-refractivity contribution is 0.101. The number of carbonyl (C=O) groups is 1. The lowest BCUT2D eigenvalue weighted by Gasteiger charge is -2.06. The molecule has 3 aromatic rings. The van der Waals surface area contributed by atoms with Crippen LogP contribution in [0, 0.1) is 0 Å². The summed E-state index contributed by atoms with van der Waals surface area (Å²) in [5.74, 6) is 0.689. The van der Waals surface area contributed by atoms with E-state index in [4.69, 9.17) is 0 Å². The summed E-state index contributed by atoms with van der Waals surface area (Å²) in [5, 5.41) is 10.4. The van der Waals surface area contributed by atoms with Gasteiger partial charge < -0.3 is 5.32 Å². The Morgan fingerprint density at radius 1 is 1.24 bits per heavy atom. The van der Waals surface area contributed by atoms with Crippen LogP contribution in [0.25, 0.3) is 10.9 Å². The van der Waals surface area contributed by atoms with E-state index < -0.39 is 0 Å². The normalized spacial score (nSPS) is 11.0. The van der Waals surface area contributed by atoms with Gasteiger partial charge in [-0.3, -0.25) is 14.9 Å². The molecule has 6 nitrogen and oxygen atoms in total. The number of anilines is 1. The molecule has 1 aromatic carbocycles. The number of rotatable bonds is 3. The summed E-state index contributed by atoms with van der Waals surface area (Å²) in [6.45, 7) is 3.97. The zero-order chi connectivity index (χ0) is 14.8. The van der Waals surface area contributed by atoms with Crippen LogP contribution in [-0.2, 0) is 0 Å². The number of benzene rings is 1. The fourth-order valence-electron chi connectivity index (χ4n) is 2.02. The number of hydrogen-bond donors (Lipinski definition) is 2. The zero-order valence-corrected chi connectivity index (χ0v) is 11.8. The first-order chi connectivity index (χ1) is 10.1. The van der Waals surface area contributed by atoms with Gasteiger partial charge in [0.25, 0.3) is 5.91 Å². The molecular formula is C15H15N5O. The molecule has 21 heavy (non-hydrogen) atoms. The van der Waals surface area contributed by atoms with Crippen molar-refractivity contribution in [1.29, 1.82) is 0 Å². The van der Waals surface area contributed by atoms with Crippen molar-refractivity contribution in [2.45, 2.75) is 19.8 Å². The molecule has 0 unspecified atom stereocenters. The number of nitrogens with one attached hydrogen (secondary N) is 2. The minimum Gasteiger partial charge on any atom is -0.319 e. The maximum atomic E-state index is 12.2. The summed E-state index contributed by atoms with van der Waals surface area (Å²) >= 11 is 0. The average Bonchev–Trinajstić information content (AvgIpc) is 2.98. The second-order valence-electron chi connectivity index (χ2n) is 5.03. The molecule has 2 N–H and O–H groups in total. The van der Waals surface area contributed by atoms with E-state index in [1.54, 1.807) is 6.20 Å². The summed E-state index contributed by atoms with van der Waals surface area (Å²) in [6, 6.07) is 9.33. The van der Waals surface area contributed by atoms with Crippen molar-refractivity contribution in [3.63, 3.8) is 0 Å². The molecule has 0 aliphatic carbocycles. The number of H-pyrrole nitrogens is 1. The smallest absolute Gasteiger partial charge is 0.295 e. The van der Waals surface area contributed by atoms with Crippen LogP contribution >= 0.6 is 0 Å². The van der Waals surface area contributed by atoms with Gasteiger partial charge in [0, 0.05) is 17.5 Å². The predicted octanol–water partition coefficient (Wildman–Crippen LogP) is 2.73. The Morgan fingerprint density at radius 2 is 2.10 bits per heavy atom. The van der Waals surface area contributed by atoms with E-state index in [0.29, 0.717) is 11.5 Å². The van der Waals surface area contributed by atoms with Gasteiger partial charge in [-0.05, 0) is 24.3 Å². The van der Waals surface area contributed by atoms with E-state index in [1.807, 2.05) is 44.2 Å². The Hall–Kier alpha value is -2.76. The summed E-state index contributed by atoms with van der Waals surface area (Å²) < 4.78 is 0. The molecule has 0 bridgehead atoms. The number of fused-ring (bicyclic) bond motifs is 1. The molecule has 0 fully saturated rings. The molecule has 0 aliphatic rings. The summed E-state index contributed by atoms with van der Waals surface area (Å²) in [7, 11) is 0. The topological polar surface area (TPSA) is 83.6 Å².